The molecule has 114 valence electrons. The normalized spacial score (nSPS) is 12.9. The van der Waals surface area contributed by atoms with E-state index in [4.69, 9.17) is 17.3 Å². The second-order valence-corrected chi connectivity index (χ2v) is 6.51. The van der Waals surface area contributed by atoms with E-state index in [2.05, 4.69) is 0 Å². The highest BCUT2D eigenvalue weighted by Gasteiger charge is 2.37. The fourth-order valence-electron chi connectivity index (χ4n) is 1.65. The van der Waals surface area contributed by atoms with E-state index in [-0.39, 0.29) is 27.7 Å². The van der Waals surface area contributed by atoms with Crippen molar-refractivity contribution in [3.8, 4) is 0 Å². The van der Waals surface area contributed by atoms with Crippen LogP contribution < -0.4 is 5.73 Å². The molecule has 1 aromatic rings. The Bertz CT molecular complexity index is 602. The van der Waals surface area contributed by atoms with Gasteiger partial charge >= 0.3 is 6.18 Å². The van der Waals surface area contributed by atoms with Crippen molar-refractivity contribution in [3.05, 3.63) is 22.7 Å². The molecule has 0 bridgehead atoms. The zero-order chi connectivity index (χ0) is 15.7. The Labute approximate surface area is 120 Å². The predicted octanol–water partition coefficient (Wildman–Crippen LogP) is 2.80. The first kappa shape index (κ1) is 17.1. The van der Waals surface area contributed by atoms with Crippen molar-refractivity contribution in [3.63, 3.8) is 0 Å². The van der Waals surface area contributed by atoms with Crippen molar-refractivity contribution in [1.29, 1.82) is 0 Å². The zero-order valence-electron chi connectivity index (χ0n) is 10.8. The van der Waals surface area contributed by atoms with Gasteiger partial charge in [0.15, 0.2) is 0 Å². The first-order valence-corrected chi connectivity index (χ1v) is 7.43. The van der Waals surface area contributed by atoms with E-state index in [0.717, 1.165) is 6.07 Å². The lowest BCUT2D eigenvalue weighted by atomic mass is 10.2. The monoisotopic (exact) mass is 330 g/mol. The van der Waals surface area contributed by atoms with Crippen LogP contribution in [0.15, 0.2) is 17.0 Å². The molecule has 0 fully saturated rings. The highest BCUT2D eigenvalue weighted by molar-refractivity contribution is 7.89. The Balaban J connectivity index is 3.35. The van der Waals surface area contributed by atoms with Crippen molar-refractivity contribution in [2.45, 2.75) is 24.9 Å². The van der Waals surface area contributed by atoms with E-state index in [9.17, 15) is 21.6 Å². The van der Waals surface area contributed by atoms with E-state index >= 15 is 0 Å². The van der Waals surface area contributed by atoms with Crippen LogP contribution in [-0.2, 0) is 10.0 Å². The van der Waals surface area contributed by atoms with Gasteiger partial charge in [-0.1, -0.05) is 18.5 Å². The topological polar surface area (TPSA) is 63.4 Å². The highest BCUT2D eigenvalue weighted by Crippen LogP contribution is 2.29. The van der Waals surface area contributed by atoms with Crippen molar-refractivity contribution in [2.24, 2.45) is 0 Å². The summed E-state index contributed by atoms with van der Waals surface area (Å²) in [4.78, 5) is -0.311. The summed E-state index contributed by atoms with van der Waals surface area (Å²) in [5.41, 5.74) is 5.88. The van der Waals surface area contributed by atoms with Crippen molar-refractivity contribution >= 4 is 27.3 Å². The number of sulfonamides is 1. The predicted molar refractivity (Wildman–Crippen MR) is 71.1 cm³/mol. The molecule has 0 aliphatic heterocycles. The minimum Gasteiger partial charge on any atom is -0.398 e. The molecule has 0 saturated carbocycles. The molecule has 0 heterocycles. The minimum absolute atomic E-state index is 0.0507. The average molecular weight is 331 g/mol. The molecule has 20 heavy (non-hydrogen) atoms. The van der Waals surface area contributed by atoms with Gasteiger partial charge in [0.2, 0.25) is 10.0 Å². The fraction of sp³-hybridized carbons (Fsp3) is 0.455. The number of nitrogens with two attached hydrogens (primary N) is 1. The Morgan fingerprint density at radius 1 is 1.35 bits per heavy atom. The van der Waals surface area contributed by atoms with Gasteiger partial charge in [0.1, 0.15) is 6.54 Å². The molecule has 0 saturated heterocycles. The zero-order valence-corrected chi connectivity index (χ0v) is 12.4. The lowest BCUT2D eigenvalue weighted by molar-refractivity contribution is -0.135. The number of anilines is 1. The van der Waals surface area contributed by atoms with Gasteiger partial charge in [-0.15, -0.1) is 0 Å². The number of nitrogens with zero attached hydrogens (tertiary/aromatic N) is 1. The number of hydrogen-bond donors (Lipinski definition) is 1. The van der Waals surface area contributed by atoms with E-state index in [1.807, 2.05) is 0 Å². The Kier molecular flexibility index (Phi) is 4.94. The highest BCUT2D eigenvalue weighted by atomic mass is 35.5. The van der Waals surface area contributed by atoms with Crippen LogP contribution in [0.25, 0.3) is 0 Å². The largest absolute Gasteiger partial charge is 0.402 e. The van der Waals surface area contributed by atoms with Crippen LogP contribution in [0.5, 0.6) is 0 Å². The number of nitrogen functional groups attached to an aromatic ring is 1. The Hall–Kier alpha value is -0.990. The maximum absolute atomic E-state index is 12.4. The molecule has 1 rings (SSSR count). The molecule has 4 nitrogen and oxygen atoms in total. The molecule has 0 radical (unpaired) electrons. The molecule has 0 unspecified atom stereocenters. The molecule has 0 aliphatic carbocycles. The summed E-state index contributed by atoms with van der Waals surface area (Å²) in [7, 11) is -4.31. The Morgan fingerprint density at radius 3 is 2.35 bits per heavy atom. The number of halogens is 4. The van der Waals surface area contributed by atoms with Gasteiger partial charge in [-0.3, -0.25) is 0 Å². The van der Waals surface area contributed by atoms with Gasteiger partial charge in [-0.05, 0) is 24.6 Å². The van der Waals surface area contributed by atoms with E-state index < -0.39 is 22.7 Å². The van der Waals surface area contributed by atoms with Gasteiger partial charge in [0.25, 0.3) is 0 Å². The molecule has 0 spiro atoms. The van der Waals surface area contributed by atoms with Crippen molar-refractivity contribution < 1.29 is 21.6 Å². The molecular weight excluding hydrogens is 317 g/mol. The standard InChI is InChI=1S/C11H14ClF3N2O2S/c1-3-17(6-11(13,14)15)20(18,19)10-5-8(12)4-9(16)7(10)2/h4-5H,3,6,16H2,1-2H3. The van der Waals surface area contributed by atoms with Gasteiger partial charge in [0.05, 0.1) is 4.90 Å². The number of alkyl halides is 3. The summed E-state index contributed by atoms with van der Waals surface area (Å²) in [6, 6.07) is 2.44. The summed E-state index contributed by atoms with van der Waals surface area (Å²) in [6.07, 6.45) is -4.62. The smallest absolute Gasteiger partial charge is 0.398 e. The molecule has 0 amide bonds. The molecule has 0 atom stereocenters. The van der Waals surface area contributed by atoms with Gasteiger partial charge in [-0.2, -0.15) is 17.5 Å². The third kappa shape index (κ3) is 3.77. The first-order valence-electron chi connectivity index (χ1n) is 5.61. The van der Waals surface area contributed by atoms with Crippen LogP contribution in [0.1, 0.15) is 12.5 Å². The third-order valence-corrected chi connectivity index (χ3v) is 4.96. The lowest BCUT2D eigenvalue weighted by Crippen LogP contribution is -2.39. The fourth-order valence-corrected chi connectivity index (χ4v) is 3.65. The third-order valence-electron chi connectivity index (χ3n) is 2.69. The van der Waals surface area contributed by atoms with Crippen LogP contribution in [0.4, 0.5) is 18.9 Å². The van der Waals surface area contributed by atoms with Crippen molar-refractivity contribution in [1.82, 2.24) is 4.31 Å². The average Bonchev–Trinajstić information content (AvgIpc) is 2.29. The van der Waals surface area contributed by atoms with Crippen LogP contribution >= 0.6 is 11.6 Å². The number of benzene rings is 1. The number of rotatable bonds is 4. The van der Waals surface area contributed by atoms with Crippen molar-refractivity contribution in [2.75, 3.05) is 18.8 Å². The Morgan fingerprint density at radius 2 is 1.90 bits per heavy atom. The van der Waals surface area contributed by atoms with E-state index in [1.54, 1.807) is 0 Å². The molecule has 9 heteroatoms. The number of hydrogen-bond acceptors (Lipinski definition) is 3. The summed E-state index contributed by atoms with van der Waals surface area (Å²) in [5.74, 6) is 0. The lowest BCUT2D eigenvalue weighted by Gasteiger charge is -2.23. The van der Waals surface area contributed by atoms with Gasteiger partial charge in [0, 0.05) is 17.3 Å². The van der Waals surface area contributed by atoms with Gasteiger partial charge in [-0.25, -0.2) is 8.42 Å². The van der Waals surface area contributed by atoms with Gasteiger partial charge < -0.3 is 5.73 Å². The molecule has 0 aromatic heterocycles. The summed E-state index contributed by atoms with van der Waals surface area (Å²) < 4.78 is 62.2. The summed E-state index contributed by atoms with van der Waals surface area (Å²) >= 11 is 5.72. The summed E-state index contributed by atoms with van der Waals surface area (Å²) in [5, 5.41) is 0.0507. The maximum Gasteiger partial charge on any atom is 0.402 e. The van der Waals surface area contributed by atoms with E-state index in [1.165, 1.54) is 19.9 Å². The maximum atomic E-state index is 12.4. The summed E-state index contributed by atoms with van der Waals surface area (Å²) in [6.45, 7) is 0.873. The van der Waals surface area contributed by atoms with Crippen LogP contribution in [0, 0.1) is 6.92 Å². The van der Waals surface area contributed by atoms with Crippen LogP contribution in [0.2, 0.25) is 5.02 Å². The molecule has 2 N–H and O–H groups in total. The molecular formula is C11H14ClF3N2O2S. The van der Waals surface area contributed by atoms with Crippen LogP contribution in [-0.4, -0.2) is 32.0 Å². The van der Waals surface area contributed by atoms with E-state index in [0.29, 0.717) is 4.31 Å². The minimum atomic E-state index is -4.62. The van der Waals surface area contributed by atoms with Crippen LogP contribution in [0.3, 0.4) is 0 Å². The molecule has 1 aromatic carbocycles. The SMILES string of the molecule is CCN(CC(F)(F)F)S(=O)(=O)c1cc(Cl)cc(N)c1C. The second-order valence-electron chi connectivity index (χ2n) is 4.16. The second kappa shape index (κ2) is 5.79. The quantitative estimate of drug-likeness (QED) is 0.863. The first-order chi connectivity index (χ1) is 8.99. The molecule has 0 aliphatic rings.